The summed E-state index contributed by atoms with van der Waals surface area (Å²) in [5.74, 6) is -0.676. The SMILES string of the molecule is CC1(C)CCCN1C(=O)c1ccc(Br)cc1F. The van der Waals surface area contributed by atoms with Crippen molar-refractivity contribution in [2.24, 2.45) is 0 Å². The fourth-order valence-electron chi connectivity index (χ4n) is 2.29. The van der Waals surface area contributed by atoms with Crippen LogP contribution in [0.25, 0.3) is 0 Å². The van der Waals surface area contributed by atoms with E-state index in [-0.39, 0.29) is 17.0 Å². The fourth-order valence-corrected chi connectivity index (χ4v) is 2.63. The maximum Gasteiger partial charge on any atom is 0.257 e. The van der Waals surface area contributed by atoms with Crippen molar-refractivity contribution in [3.8, 4) is 0 Å². The van der Waals surface area contributed by atoms with Gasteiger partial charge in [0.2, 0.25) is 0 Å². The molecule has 1 amide bonds. The summed E-state index contributed by atoms with van der Waals surface area (Å²) in [7, 11) is 0. The third-order valence-electron chi connectivity index (χ3n) is 3.31. The second-order valence-corrected chi connectivity index (χ2v) is 5.91. The monoisotopic (exact) mass is 299 g/mol. The number of carbonyl (C=O) groups excluding carboxylic acids is 1. The maximum absolute atomic E-state index is 13.7. The van der Waals surface area contributed by atoms with E-state index in [1.807, 2.05) is 13.8 Å². The molecule has 0 bridgehead atoms. The lowest BCUT2D eigenvalue weighted by Gasteiger charge is -2.31. The summed E-state index contributed by atoms with van der Waals surface area (Å²) in [6, 6.07) is 4.56. The van der Waals surface area contributed by atoms with Crippen molar-refractivity contribution in [3.63, 3.8) is 0 Å². The number of benzene rings is 1. The van der Waals surface area contributed by atoms with Crippen LogP contribution in [0.5, 0.6) is 0 Å². The number of rotatable bonds is 1. The maximum atomic E-state index is 13.7. The van der Waals surface area contributed by atoms with Crippen LogP contribution in [0.15, 0.2) is 22.7 Å². The summed E-state index contributed by atoms with van der Waals surface area (Å²) in [4.78, 5) is 14.0. The Morgan fingerprint density at radius 2 is 2.18 bits per heavy atom. The Morgan fingerprint density at radius 1 is 1.47 bits per heavy atom. The molecule has 0 unspecified atom stereocenters. The van der Waals surface area contributed by atoms with Gasteiger partial charge in [-0.2, -0.15) is 0 Å². The Morgan fingerprint density at radius 3 is 2.71 bits per heavy atom. The van der Waals surface area contributed by atoms with Gasteiger partial charge in [0.25, 0.3) is 5.91 Å². The van der Waals surface area contributed by atoms with Crippen LogP contribution >= 0.6 is 15.9 Å². The molecule has 1 saturated heterocycles. The van der Waals surface area contributed by atoms with Gasteiger partial charge in [-0.3, -0.25) is 4.79 Å². The smallest absolute Gasteiger partial charge is 0.257 e. The summed E-state index contributed by atoms with van der Waals surface area (Å²) in [5, 5.41) is 0. The second kappa shape index (κ2) is 4.41. The number of halogens is 2. The van der Waals surface area contributed by atoms with Crippen LogP contribution in [0.3, 0.4) is 0 Å². The van der Waals surface area contributed by atoms with E-state index in [4.69, 9.17) is 0 Å². The van der Waals surface area contributed by atoms with Crippen molar-refractivity contribution >= 4 is 21.8 Å². The van der Waals surface area contributed by atoms with E-state index in [1.165, 1.54) is 12.1 Å². The lowest BCUT2D eigenvalue weighted by atomic mass is 10.0. The van der Waals surface area contributed by atoms with Gasteiger partial charge in [0.1, 0.15) is 5.82 Å². The third kappa shape index (κ3) is 2.37. The van der Waals surface area contributed by atoms with Crippen LogP contribution in [0, 0.1) is 5.82 Å². The molecule has 2 nitrogen and oxygen atoms in total. The Labute approximate surface area is 109 Å². The Kier molecular flexibility index (Phi) is 3.25. The molecule has 0 aromatic heterocycles. The highest BCUT2D eigenvalue weighted by atomic mass is 79.9. The minimum atomic E-state index is -0.466. The molecule has 0 aliphatic carbocycles. The summed E-state index contributed by atoms with van der Waals surface area (Å²) in [6.45, 7) is 4.75. The zero-order chi connectivity index (χ0) is 12.6. The molecule has 1 fully saturated rings. The zero-order valence-corrected chi connectivity index (χ0v) is 11.6. The molecule has 1 aliphatic heterocycles. The minimum Gasteiger partial charge on any atom is -0.333 e. The molecule has 17 heavy (non-hydrogen) atoms. The van der Waals surface area contributed by atoms with E-state index in [2.05, 4.69) is 15.9 Å². The predicted octanol–water partition coefficient (Wildman–Crippen LogP) is 3.60. The van der Waals surface area contributed by atoms with Crippen LogP contribution in [0.2, 0.25) is 0 Å². The van der Waals surface area contributed by atoms with Gasteiger partial charge in [0.05, 0.1) is 5.56 Å². The van der Waals surface area contributed by atoms with Gasteiger partial charge in [0.15, 0.2) is 0 Å². The van der Waals surface area contributed by atoms with Crippen LogP contribution in [-0.4, -0.2) is 22.9 Å². The van der Waals surface area contributed by atoms with Gasteiger partial charge < -0.3 is 4.90 Å². The first-order valence-electron chi connectivity index (χ1n) is 5.69. The number of hydrogen-bond donors (Lipinski definition) is 0. The molecule has 0 spiro atoms. The molecule has 4 heteroatoms. The molecule has 92 valence electrons. The molecule has 1 aromatic carbocycles. The largest absolute Gasteiger partial charge is 0.333 e. The number of amides is 1. The third-order valence-corrected chi connectivity index (χ3v) is 3.80. The van der Waals surface area contributed by atoms with Crippen molar-refractivity contribution in [2.75, 3.05) is 6.54 Å². The molecule has 2 rings (SSSR count). The van der Waals surface area contributed by atoms with Crippen molar-refractivity contribution in [1.82, 2.24) is 4.90 Å². The van der Waals surface area contributed by atoms with Crippen LogP contribution < -0.4 is 0 Å². The van der Waals surface area contributed by atoms with E-state index in [1.54, 1.807) is 11.0 Å². The molecule has 1 heterocycles. The van der Waals surface area contributed by atoms with Crippen LogP contribution in [-0.2, 0) is 0 Å². The minimum absolute atomic E-state index is 0.156. The van der Waals surface area contributed by atoms with Crippen molar-refractivity contribution in [2.45, 2.75) is 32.2 Å². The molecular weight excluding hydrogens is 285 g/mol. The Hall–Kier alpha value is -0.900. The van der Waals surface area contributed by atoms with E-state index in [9.17, 15) is 9.18 Å². The first kappa shape index (κ1) is 12.6. The lowest BCUT2D eigenvalue weighted by molar-refractivity contribution is 0.0647. The average molecular weight is 300 g/mol. The fraction of sp³-hybridized carbons (Fsp3) is 0.462. The average Bonchev–Trinajstić information content (AvgIpc) is 2.57. The number of likely N-dealkylation sites (tertiary alicyclic amines) is 1. The van der Waals surface area contributed by atoms with E-state index >= 15 is 0 Å². The molecule has 1 aliphatic rings. The number of nitrogens with zero attached hydrogens (tertiary/aromatic N) is 1. The highest BCUT2D eigenvalue weighted by molar-refractivity contribution is 9.10. The highest BCUT2D eigenvalue weighted by Gasteiger charge is 2.36. The van der Waals surface area contributed by atoms with Crippen LogP contribution in [0.4, 0.5) is 4.39 Å². The highest BCUT2D eigenvalue weighted by Crippen LogP contribution is 2.30. The summed E-state index contributed by atoms with van der Waals surface area (Å²) in [5.41, 5.74) is -0.0143. The quantitative estimate of drug-likeness (QED) is 0.776. The van der Waals surface area contributed by atoms with Gasteiger partial charge in [-0.1, -0.05) is 15.9 Å². The van der Waals surface area contributed by atoms with Gasteiger partial charge in [0, 0.05) is 16.6 Å². The predicted molar refractivity (Wildman–Crippen MR) is 68.4 cm³/mol. The normalized spacial score (nSPS) is 18.5. The second-order valence-electron chi connectivity index (χ2n) is 5.00. The molecular formula is C13H15BrFNO. The van der Waals surface area contributed by atoms with E-state index in [0.29, 0.717) is 11.0 Å². The molecule has 0 atom stereocenters. The summed E-state index contributed by atoms with van der Waals surface area (Å²) < 4.78 is 14.4. The van der Waals surface area contributed by atoms with Crippen LogP contribution in [0.1, 0.15) is 37.0 Å². The molecule has 0 N–H and O–H groups in total. The van der Waals surface area contributed by atoms with Gasteiger partial charge >= 0.3 is 0 Å². The number of hydrogen-bond acceptors (Lipinski definition) is 1. The van der Waals surface area contributed by atoms with Crippen molar-refractivity contribution < 1.29 is 9.18 Å². The van der Waals surface area contributed by atoms with Gasteiger partial charge in [-0.15, -0.1) is 0 Å². The first-order valence-corrected chi connectivity index (χ1v) is 6.48. The Bertz CT molecular complexity index is 459. The zero-order valence-electron chi connectivity index (χ0n) is 9.96. The van der Waals surface area contributed by atoms with Gasteiger partial charge in [-0.25, -0.2) is 4.39 Å². The van der Waals surface area contributed by atoms with E-state index < -0.39 is 5.82 Å². The molecule has 0 saturated carbocycles. The first-order chi connectivity index (χ1) is 7.92. The van der Waals surface area contributed by atoms with Gasteiger partial charge in [-0.05, 0) is 44.9 Å². The standard InChI is InChI=1S/C13H15BrFNO/c1-13(2)6-3-7-16(13)12(17)10-5-4-9(14)8-11(10)15/h4-5,8H,3,6-7H2,1-2H3. The Balaban J connectivity index is 2.31. The summed E-state index contributed by atoms with van der Waals surface area (Å²) in [6.07, 6.45) is 1.95. The number of carbonyl (C=O) groups is 1. The topological polar surface area (TPSA) is 20.3 Å². The van der Waals surface area contributed by atoms with Crippen molar-refractivity contribution in [1.29, 1.82) is 0 Å². The molecule has 0 radical (unpaired) electrons. The lowest BCUT2D eigenvalue weighted by Crippen LogP contribution is -2.42. The summed E-state index contributed by atoms with van der Waals surface area (Å²) >= 11 is 3.19. The molecule has 1 aromatic rings. The van der Waals surface area contributed by atoms with Crippen molar-refractivity contribution in [3.05, 3.63) is 34.1 Å². The van der Waals surface area contributed by atoms with E-state index in [0.717, 1.165) is 12.8 Å².